The third-order valence-corrected chi connectivity index (χ3v) is 3.16. The number of carbonyl (C=O) groups is 2. The van der Waals surface area contributed by atoms with E-state index in [1.807, 2.05) is 13.0 Å². The standard InChI is InChI=1S/C14H12N2O3/c1-8-4-5-19-12(8)7-15-9-2-3-10-11(6-9)14(18)16-13(10)17/h2-6,15H,7H2,1H3,(H,16,17,18). The predicted octanol–water partition coefficient (Wildman–Crippen LogP) is 2.08. The molecule has 96 valence electrons. The van der Waals surface area contributed by atoms with E-state index in [0.717, 1.165) is 17.0 Å². The summed E-state index contributed by atoms with van der Waals surface area (Å²) in [6.07, 6.45) is 1.64. The lowest BCUT2D eigenvalue weighted by molar-refractivity contribution is 0.0879. The Balaban J connectivity index is 1.80. The van der Waals surface area contributed by atoms with Crippen LogP contribution in [0.3, 0.4) is 0 Å². The van der Waals surface area contributed by atoms with Crippen LogP contribution in [0.15, 0.2) is 34.9 Å². The lowest BCUT2D eigenvalue weighted by Crippen LogP contribution is -2.19. The van der Waals surface area contributed by atoms with Gasteiger partial charge >= 0.3 is 0 Å². The monoisotopic (exact) mass is 256 g/mol. The van der Waals surface area contributed by atoms with Gasteiger partial charge in [0.1, 0.15) is 5.76 Å². The summed E-state index contributed by atoms with van der Waals surface area (Å²) in [5.74, 6) is 0.160. The summed E-state index contributed by atoms with van der Waals surface area (Å²) >= 11 is 0. The molecule has 1 aromatic carbocycles. The number of imide groups is 1. The fourth-order valence-corrected chi connectivity index (χ4v) is 2.05. The van der Waals surface area contributed by atoms with E-state index in [-0.39, 0.29) is 11.8 Å². The summed E-state index contributed by atoms with van der Waals surface area (Å²) in [7, 11) is 0. The molecule has 2 aromatic rings. The van der Waals surface area contributed by atoms with Gasteiger partial charge in [-0.1, -0.05) is 0 Å². The predicted molar refractivity (Wildman–Crippen MR) is 69.0 cm³/mol. The molecule has 0 aliphatic carbocycles. The fraction of sp³-hybridized carbons (Fsp3) is 0.143. The summed E-state index contributed by atoms with van der Waals surface area (Å²) in [5, 5.41) is 5.43. The first kappa shape index (κ1) is 11.5. The SMILES string of the molecule is Cc1ccoc1CNc1ccc2c(c1)C(=O)NC2=O. The van der Waals surface area contributed by atoms with E-state index in [2.05, 4.69) is 10.6 Å². The van der Waals surface area contributed by atoms with Crippen molar-refractivity contribution in [3.05, 3.63) is 53.0 Å². The molecule has 0 spiro atoms. The Kier molecular flexibility index (Phi) is 2.59. The normalized spacial score (nSPS) is 13.3. The molecule has 0 radical (unpaired) electrons. The molecule has 5 heteroatoms. The van der Waals surface area contributed by atoms with E-state index in [9.17, 15) is 9.59 Å². The van der Waals surface area contributed by atoms with Gasteiger partial charge in [-0.2, -0.15) is 0 Å². The summed E-state index contributed by atoms with van der Waals surface area (Å²) in [5.41, 5.74) is 2.68. The lowest BCUT2D eigenvalue weighted by atomic mass is 10.1. The maximum Gasteiger partial charge on any atom is 0.259 e. The van der Waals surface area contributed by atoms with Gasteiger partial charge in [0, 0.05) is 5.69 Å². The average Bonchev–Trinajstić information content (AvgIpc) is 2.92. The highest BCUT2D eigenvalue weighted by molar-refractivity contribution is 6.21. The van der Waals surface area contributed by atoms with E-state index in [1.54, 1.807) is 24.5 Å². The first-order valence-corrected chi connectivity index (χ1v) is 5.92. The van der Waals surface area contributed by atoms with Crippen LogP contribution in [0.5, 0.6) is 0 Å². The van der Waals surface area contributed by atoms with Gasteiger partial charge in [0.15, 0.2) is 0 Å². The number of nitrogens with one attached hydrogen (secondary N) is 2. The molecule has 5 nitrogen and oxygen atoms in total. The minimum Gasteiger partial charge on any atom is -0.467 e. The minimum atomic E-state index is -0.349. The van der Waals surface area contributed by atoms with Crippen molar-refractivity contribution in [3.8, 4) is 0 Å². The Morgan fingerprint density at radius 2 is 1.95 bits per heavy atom. The van der Waals surface area contributed by atoms with Gasteiger partial charge in [0.25, 0.3) is 11.8 Å². The number of fused-ring (bicyclic) bond motifs is 1. The third kappa shape index (κ3) is 1.99. The van der Waals surface area contributed by atoms with Crippen LogP contribution in [0.25, 0.3) is 0 Å². The zero-order valence-electron chi connectivity index (χ0n) is 10.3. The number of amides is 2. The van der Waals surface area contributed by atoms with Crippen LogP contribution in [0, 0.1) is 6.92 Å². The van der Waals surface area contributed by atoms with Gasteiger partial charge in [-0.25, -0.2) is 0 Å². The molecule has 2 amide bonds. The molecule has 0 unspecified atom stereocenters. The summed E-state index contributed by atoms with van der Waals surface area (Å²) in [4.78, 5) is 22.9. The van der Waals surface area contributed by atoms with Gasteiger partial charge in [-0.15, -0.1) is 0 Å². The van der Waals surface area contributed by atoms with Crippen molar-refractivity contribution >= 4 is 17.5 Å². The van der Waals surface area contributed by atoms with Crippen molar-refractivity contribution in [2.45, 2.75) is 13.5 Å². The van der Waals surface area contributed by atoms with Crippen molar-refractivity contribution < 1.29 is 14.0 Å². The zero-order chi connectivity index (χ0) is 13.4. The van der Waals surface area contributed by atoms with Crippen LogP contribution in [-0.2, 0) is 6.54 Å². The quantitative estimate of drug-likeness (QED) is 0.825. The Labute approximate surface area is 109 Å². The van der Waals surface area contributed by atoms with Crippen LogP contribution >= 0.6 is 0 Å². The smallest absolute Gasteiger partial charge is 0.259 e. The number of benzene rings is 1. The number of aryl methyl sites for hydroxylation is 1. The van der Waals surface area contributed by atoms with E-state index in [1.165, 1.54) is 0 Å². The Hall–Kier alpha value is -2.56. The molecule has 1 aromatic heterocycles. The molecule has 0 saturated carbocycles. The molecule has 1 aliphatic heterocycles. The molecular weight excluding hydrogens is 244 g/mol. The Bertz CT molecular complexity index is 673. The van der Waals surface area contributed by atoms with Crippen LogP contribution in [0.4, 0.5) is 5.69 Å². The number of hydrogen-bond donors (Lipinski definition) is 2. The highest BCUT2D eigenvalue weighted by Crippen LogP contribution is 2.21. The van der Waals surface area contributed by atoms with Gasteiger partial charge in [0.05, 0.1) is 23.9 Å². The van der Waals surface area contributed by atoms with E-state index in [4.69, 9.17) is 4.42 Å². The number of furan rings is 1. The fourth-order valence-electron chi connectivity index (χ4n) is 2.05. The van der Waals surface area contributed by atoms with Gasteiger partial charge in [-0.05, 0) is 36.8 Å². The van der Waals surface area contributed by atoms with Crippen LogP contribution in [0.2, 0.25) is 0 Å². The van der Waals surface area contributed by atoms with Crippen molar-refractivity contribution in [1.82, 2.24) is 5.32 Å². The molecule has 0 atom stereocenters. The summed E-state index contributed by atoms with van der Waals surface area (Å²) in [6, 6.07) is 6.99. The van der Waals surface area contributed by atoms with E-state index in [0.29, 0.717) is 17.7 Å². The maximum absolute atomic E-state index is 11.5. The summed E-state index contributed by atoms with van der Waals surface area (Å²) < 4.78 is 5.32. The molecule has 19 heavy (non-hydrogen) atoms. The summed E-state index contributed by atoms with van der Waals surface area (Å²) in [6.45, 7) is 2.50. The first-order valence-electron chi connectivity index (χ1n) is 5.92. The molecule has 0 saturated heterocycles. The first-order chi connectivity index (χ1) is 9.15. The minimum absolute atomic E-state index is 0.339. The maximum atomic E-state index is 11.5. The molecule has 2 N–H and O–H groups in total. The molecule has 3 rings (SSSR count). The number of anilines is 1. The molecule has 1 aliphatic rings. The number of hydrogen-bond acceptors (Lipinski definition) is 4. The molecule has 2 heterocycles. The van der Waals surface area contributed by atoms with Crippen LogP contribution < -0.4 is 10.6 Å². The third-order valence-electron chi connectivity index (χ3n) is 3.16. The largest absolute Gasteiger partial charge is 0.467 e. The van der Waals surface area contributed by atoms with Crippen molar-refractivity contribution in [1.29, 1.82) is 0 Å². The highest BCUT2D eigenvalue weighted by Gasteiger charge is 2.26. The Morgan fingerprint density at radius 3 is 2.68 bits per heavy atom. The van der Waals surface area contributed by atoms with Gasteiger partial charge in [-0.3, -0.25) is 14.9 Å². The van der Waals surface area contributed by atoms with Crippen LogP contribution in [0.1, 0.15) is 32.0 Å². The zero-order valence-corrected chi connectivity index (χ0v) is 10.3. The topological polar surface area (TPSA) is 71.3 Å². The molecule has 0 fully saturated rings. The second-order valence-corrected chi connectivity index (χ2v) is 4.42. The number of carbonyl (C=O) groups excluding carboxylic acids is 2. The van der Waals surface area contributed by atoms with E-state index >= 15 is 0 Å². The van der Waals surface area contributed by atoms with Gasteiger partial charge in [0.2, 0.25) is 0 Å². The van der Waals surface area contributed by atoms with Crippen molar-refractivity contribution in [2.75, 3.05) is 5.32 Å². The average molecular weight is 256 g/mol. The van der Waals surface area contributed by atoms with E-state index < -0.39 is 0 Å². The molecule has 0 bridgehead atoms. The number of rotatable bonds is 3. The second-order valence-electron chi connectivity index (χ2n) is 4.42. The van der Waals surface area contributed by atoms with Crippen molar-refractivity contribution in [3.63, 3.8) is 0 Å². The van der Waals surface area contributed by atoms with Crippen LogP contribution in [-0.4, -0.2) is 11.8 Å². The lowest BCUT2D eigenvalue weighted by Gasteiger charge is -2.06. The van der Waals surface area contributed by atoms with Gasteiger partial charge < -0.3 is 9.73 Å². The van der Waals surface area contributed by atoms with Crippen molar-refractivity contribution in [2.24, 2.45) is 0 Å². The molecular formula is C14H12N2O3. The highest BCUT2D eigenvalue weighted by atomic mass is 16.3. The second kappa shape index (κ2) is 4.28. The Morgan fingerprint density at radius 1 is 1.16 bits per heavy atom.